The van der Waals surface area contributed by atoms with E-state index in [4.69, 9.17) is 32.4 Å². The number of hydrogen-bond donors (Lipinski definition) is 1. The summed E-state index contributed by atoms with van der Waals surface area (Å²) in [4.78, 5) is 27.1. The smallest absolute Gasteiger partial charge is 0.290 e. The first-order valence-corrected chi connectivity index (χ1v) is 11.0. The Kier molecular flexibility index (Phi) is 7.84. The Hall–Kier alpha value is -2.81. The van der Waals surface area contributed by atoms with Crippen molar-refractivity contribution in [1.29, 1.82) is 0 Å². The number of amides is 2. The second-order valence-electron chi connectivity index (χ2n) is 8.42. The minimum Gasteiger partial charge on any atom is -0.459 e. The van der Waals surface area contributed by atoms with Crippen LogP contribution in [-0.2, 0) is 14.9 Å². The van der Waals surface area contributed by atoms with Crippen LogP contribution in [0.15, 0.2) is 47.1 Å². The van der Waals surface area contributed by atoms with E-state index in [2.05, 4.69) is 10.4 Å². The Balaban J connectivity index is 1.87. The van der Waals surface area contributed by atoms with Crippen molar-refractivity contribution < 1.29 is 18.7 Å². The highest BCUT2D eigenvalue weighted by Crippen LogP contribution is 2.29. The molecule has 0 fully saturated rings. The zero-order valence-corrected chi connectivity index (χ0v) is 20.4. The molecule has 0 aliphatic heterocycles. The van der Waals surface area contributed by atoms with Gasteiger partial charge in [0, 0.05) is 25.1 Å². The lowest BCUT2D eigenvalue weighted by molar-refractivity contribution is -0.117. The van der Waals surface area contributed by atoms with Gasteiger partial charge in [0.05, 0.1) is 34.3 Å². The number of carbonyl (C=O) groups is 2. The molecular weight excluding hydrogens is 467 g/mol. The molecule has 0 radical (unpaired) electrons. The molecule has 10 heteroatoms. The summed E-state index contributed by atoms with van der Waals surface area (Å²) in [6.07, 6.45) is 1.41. The minimum atomic E-state index is -0.402. The number of nitrogens with one attached hydrogen (secondary N) is 1. The van der Waals surface area contributed by atoms with Gasteiger partial charge in [-0.3, -0.25) is 9.59 Å². The fraction of sp³-hybridized carbons (Fsp3) is 0.348. The fourth-order valence-corrected chi connectivity index (χ4v) is 3.31. The summed E-state index contributed by atoms with van der Waals surface area (Å²) in [6, 6.07) is 10.1. The van der Waals surface area contributed by atoms with Crippen LogP contribution in [0.25, 0.3) is 5.69 Å². The number of aromatic nitrogens is 2. The number of anilines is 1. The summed E-state index contributed by atoms with van der Waals surface area (Å²) < 4.78 is 11.9. The number of rotatable bonds is 8. The third kappa shape index (κ3) is 6.16. The van der Waals surface area contributed by atoms with E-state index in [-0.39, 0.29) is 30.9 Å². The van der Waals surface area contributed by atoms with Crippen LogP contribution in [0.4, 0.5) is 5.82 Å². The second kappa shape index (κ2) is 10.4. The van der Waals surface area contributed by atoms with Gasteiger partial charge in [-0.1, -0.05) is 44.0 Å². The Morgan fingerprint density at radius 3 is 2.55 bits per heavy atom. The van der Waals surface area contributed by atoms with E-state index in [0.717, 1.165) is 5.69 Å². The molecule has 2 amide bonds. The monoisotopic (exact) mass is 492 g/mol. The highest BCUT2D eigenvalue weighted by molar-refractivity contribution is 6.42. The van der Waals surface area contributed by atoms with E-state index in [0.29, 0.717) is 21.6 Å². The fourth-order valence-electron chi connectivity index (χ4n) is 3.02. The van der Waals surface area contributed by atoms with Gasteiger partial charge in [0.25, 0.3) is 5.91 Å². The molecule has 3 aromatic rings. The van der Waals surface area contributed by atoms with Gasteiger partial charge in [-0.05, 0) is 30.3 Å². The van der Waals surface area contributed by atoms with Crippen LogP contribution in [-0.4, -0.2) is 53.3 Å². The molecule has 0 bridgehead atoms. The molecule has 2 heterocycles. The van der Waals surface area contributed by atoms with E-state index < -0.39 is 11.8 Å². The summed E-state index contributed by atoms with van der Waals surface area (Å²) in [5.41, 5.74) is 1.14. The van der Waals surface area contributed by atoms with Gasteiger partial charge < -0.3 is 19.4 Å². The van der Waals surface area contributed by atoms with E-state index >= 15 is 0 Å². The molecule has 0 aliphatic rings. The number of nitrogens with zero attached hydrogens (tertiary/aromatic N) is 3. The van der Waals surface area contributed by atoms with E-state index in [9.17, 15) is 9.59 Å². The third-order valence-electron chi connectivity index (χ3n) is 4.81. The molecule has 33 heavy (non-hydrogen) atoms. The first-order chi connectivity index (χ1) is 15.6. The second-order valence-corrected chi connectivity index (χ2v) is 9.23. The molecular formula is C23H26Cl2N4O4. The lowest BCUT2D eigenvalue weighted by Crippen LogP contribution is -2.40. The van der Waals surface area contributed by atoms with Crippen LogP contribution in [0, 0.1) is 0 Å². The van der Waals surface area contributed by atoms with Crippen molar-refractivity contribution in [3.8, 4) is 5.69 Å². The Morgan fingerprint density at radius 1 is 1.18 bits per heavy atom. The Labute approximate surface area is 202 Å². The van der Waals surface area contributed by atoms with Gasteiger partial charge in [-0.2, -0.15) is 5.10 Å². The molecule has 0 saturated heterocycles. The van der Waals surface area contributed by atoms with Crippen molar-refractivity contribution in [1.82, 2.24) is 14.7 Å². The van der Waals surface area contributed by atoms with E-state index in [1.54, 1.807) is 41.1 Å². The number of hydrogen-bond acceptors (Lipinski definition) is 5. The van der Waals surface area contributed by atoms with Gasteiger partial charge >= 0.3 is 0 Å². The minimum absolute atomic E-state index is 0.148. The van der Waals surface area contributed by atoms with Crippen molar-refractivity contribution in [3.63, 3.8) is 0 Å². The lowest BCUT2D eigenvalue weighted by atomic mass is 9.92. The average Bonchev–Trinajstić information content (AvgIpc) is 3.43. The number of ether oxygens (including phenoxy) is 1. The Bertz CT molecular complexity index is 1120. The van der Waals surface area contributed by atoms with Crippen molar-refractivity contribution >= 4 is 40.8 Å². The quantitative estimate of drug-likeness (QED) is 0.487. The first-order valence-electron chi connectivity index (χ1n) is 10.3. The van der Waals surface area contributed by atoms with Crippen LogP contribution in [0.5, 0.6) is 0 Å². The maximum atomic E-state index is 13.0. The summed E-state index contributed by atoms with van der Waals surface area (Å²) in [7, 11) is 1.53. The van der Waals surface area contributed by atoms with Crippen LogP contribution >= 0.6 is 23.2 Å². The van der Waals surface area contributed by atoms with E-state index in [1.165, 1.54) is 18.3 Å². The zero-order valence-electron chi connectivity index (χ0n) is 18.9. The molecule has 0 saturated carbocycles. The molecule has 1 aromatic carbocycles. The number of carbonyl (C=O) groups excluding carboxylic acids is 2. The molecule has 0 aliphatic carbocycles. The van der Waals surface area contributed by atoms with E-state index in [1.807, 2.05) is 20.8 Å². The molecule has 3 rings (SSSR count). The van der Waals surface area contributed by atoms with Gasteiger partial charge in [0.1, 0.15) is 12.4 Å². The molecule has 2 aromatic heterocycles. The maximum absolute atomic E-state index is 13.0. The SMILES string of the molecule is COCCN(CC(=O)Nc1cc(C(C)(C)C)nn1-c1ccc(Cl)c(Cl)c1)C(=O)c1ccco1. The first kappa shape index (κ1) is 24.8. The third-order valence-corrected chi connectivity index (χ3v) is 5.55. The van der Waals surface area contributed by atoms with Crippen LogP contribution in [0.3, 0.4) is 0 Å². The summed E-state index contributed by atoms with van der Waals surface area (Å²) in [5, 5.41) is 8.31. The summed E-state index contributed by atoms with van der Waals surface area (Å²) >= 11 is 12.2. The predicted octanol–water partition coefficient (Wildman–Crippen LogP) is 4.80. The number of furan rings is 1. The molecule has 1 N–H and O–H groups in total. The van der Waals surface area contributed by atoms with Crippen LogP contribution < -0.4 is 5.32 Å². The van der Waals surface area contributed by atoms with Crippen LogP contribution in [0.2, 0.25) is 10.0 Å². The summed E-state index contributed by atoms with van der Waals surface area (Å²) in [5.74, 6) is -0.205. The Morgan fingerprint density at radius 2 is 1.94 bits per heavy atom. The molecule has 0 unspecified atom stereocenters. The standard InChI is InChI=1S/C23H26Cl2N4O4/c1-23(2,3)19-13-20(29(27-19)15-7-8-16(24)17(25)12-15)26-21(30)14-28(9-11-32-4)22(31)18-6-5-10-33-18/h5-8,10,12-13H,9,11,14H2,1-4H3,(H,26,30). The van der Waals surface area contributed by atoms with Crippen LogP contribution in [0.1, 0.15) is 37.0 Å². The molecule has 0 spiro atoms. The maximum Gasteiger partial charge on any atom is 0.290 e. The normalized spacial score (nSPS) is 11.5. The molecule has 8 nitrogen and oxygen atoms in total. The van der Waals surface area contributed by atoms with Gasteiger partial charge in [-0.25, -0.2) is 4.68 Å². The van der Waals surface area contributed by atoms with Crippen molar-refractivity contribution in [2.75, 3.05) is 32.1 Å². The largest absolute Gasteiger partial charge is 0.459 e. The number of benzene rings is 1. The average molecular weight is 493 g/mol. The van der Waals surface area contributed by atoms with Crippen molar-refractivity contribution in [2.45, 2.75) is 26.2 Å². The topological polar surface area (TPSA) is 89.6 Å². The highest BCUT2D eigenvalue weighted by Gasteiger charge is 2.24. The van der Waals surface area contributed by atoms with Crippen molar-refractivity contribution in [2.24, 2.45) is 0 Å². The number of halogens is 2. The summed E-state index contributed by atoms with van der Waals surface area (Å²) in [6.45, 7) is 6.37. The predicted molar refractivity (Wildman–Crippen MR) is 127 cm³/mol. The van der Waals surface area contributed by atoms with Gasteiger partial charge in [-0.15, -0.1) is 0 Å². The highest BCUT2D eigenvalue weighted by atomic mass is 35.5. The van der Waals surface area contributed by atoms with Gasteiger partial charge in [0.2, 0.25) is 5.91 Å². The zero-order chi connectivity index (χ0) is 24.2. The molecule has 176 valence electrons. The molecule has 0 atom stereocenters. The number of methoxy groups -OCH3 is 1. The lowest BCUT2D eigenvalue weighted by Gasteiger charge is -2.21. The van der Waals surface area contributed by atoms with Gasteiger partial charge in [0.15, 0.2) is 5.76 Å². The van der Waals surface area contributed by atoms with Crippen molar-refractivity contribution in [3.05, 3.63) is 64.2 Å².